The molecule has 2 N–H and O–H groups in total. The Morgan fingerprint density at radius 3 is 2.88 bits per heavy atom. The Kier molecular flexibility index (Phi) is 1.02. The zero-order valence-corrected chi connectivity index (χ0v) is 4.91. The first-order chi connectivity index (χ1) is 3.97. The summed E-state index contributed by atoms with van der Waals surface area (Å²) in [6.45, 7) is 3.57. The van der Waals surface area contributed by atoms with Crippen molar-refractivity contribution >= 4 is 0 Å². The van der Waals surface area contributed by atoms with Crippen molar-refractivity contribution in [2.45, 2.75) is 6.42 Å². The molecule has 2 fully saturated rings. The standard InChI is InChI=1S/C6H11N2/c1-2-7-4-6-5(1)3-8-6/h5,7-8H,1-4H2. The maximum absolute atomic E-state index is 3.32. The molecule has 0 aromatic rings. The Labute approximate surface area is 49.7 Å². The van der Waals surface area contributed by atoms with Crippen LogP contribution in [0.3, 0.4) is 0 Å². The van der Waals surface area contributed by atoms with Crippen LogP contribution in [-0.2, 0) is 0 Å². The predicted molar refractivity (Wildman–Crippen MR) is 32.2 cm³/mol. The number of rotatable bonds is 0. The number of fused-ring (bicyclic) bond motifs is 1. The summed E-state index contributed by atoms with van der Waals surface area (Å²) in [5.41, 5.74) is 0. The van der Waals surface area contributed by atoms with Crippen LogP contribution in [0.4, 0.5) is 0 Å². The monoisotopic (exact) mass is 111 g/mol. The van der Waals surface area contributed by atoms with Gasteiger partial charge in [-0.3, -0.25) is 0 Å². The smallest absolute Gasteiger partial charge is 0.0547 e. The maximum atomic E-state index is 3.32. The molecule has 1 unspecified atom stereocenters. The highest BCUT2D eigenvalue weighted by Gasteiger charge is 2.32. The van der Waals surface area contributed by atoms with E-state index in [1.165, 1.54) is 25.6 Å². The molecule has 2 nitrogen and oxygen atoms in total. The molecule has 0 aliphatic carbocycles. The van der Waals surface area contributed by atoms with Crippen molar-refractivity contribution < 1.29 is 0 Å². The fourth-order valence-corrected chi connectivity index (χ4v) is 1.37. The quantitative estimate of drug-likeness (QED) is 0.449. The highest BCUT2D eigenvalue weighted by molar-refractivity contribution is 5.08. The third-order valence-corrected chi connectivity index (χ3v) is 2.05. The van der Waals surface area contributed by atoms with Gasteiger partial charge >= 0.3 is 0 Å². The van der Waals surface area contributed by atoms with E-state index in [1.807, 2.05) is 0 Å². The predicted octanol–water partition coefficient (Wildman–Crippen LogP) is -0.269. The van der Waals surface area contributed by atoms with Crippen molar-refractivity contribution in [2.75, 3.05) is 19.6 Å². The first kappa shape index (κ1) is 4.77. The van der Waals surface area contributed by atoms with Gasteiger partial charge in [0.15, 0.2) is 0 Å². The molecule has 0 bridgehead atoms. The van der Waals surface area contributed by atoms with Crippen LogP contribution in [0.25, 0.3) is 0 Å². The molecule has 8 heavy (non-hydrogen) atoms. The van der Waals surface area contributed by atoms with Crippen molar-refractivity contribution in [3.8, 4) is 0 Å². The second-order valence-electron chi connectivity index (χ2n) is 2.57. The van der Waals surface area contributed by atoms with Gasteiger partial charge in [0.2, 0.25) is 0 Å². The molecule has 1 radical (unpaired) electrons. The molecule has 1 atom stereocenters. The van der Waals surface area contributed by atoms with Gasteiger partial charge in [0, 0.05) is 13.1 Å². The first-order valence-electron chi connectivity index (χ1n) is 3.27. The van der Waals surface area contributed by atoms with Gasteiger partial charge in [-0.15, -0.1) is 0 Å². The molecule has 0 aromatic carbocycles. The van der Waals surface area contributed by atoms with Crippen LogP contribution < -0.4 is 10.6 Å². The van der Waals surface area contributed by atoms with Gasteiger partial charge in [0.1, 0.15) is 0 Å². The third kappa shape index (κ3) is 0.565. The topological polar surface area (TPSA) is 24.1 Å². The van der Waals surface area contributed by atoms with E-state index in [0.717, 1.165) is 12.5 Å². The lowest BCUT2D eigenvalue weighted by Gasteiger charge is -2.41. The van der Waals surface area contributed by atoms with Gasteiger partial charge < -0.3 is 10.6 Å². The molecule has 2 saturated heterocycles. The van der Waals surface area contributed by atoms with Crippen LogP contribution in [0.2, 0.25) is 0 Å². The molecule has 0 spiro atoms. The molecule has 2 aliphatic heterocycles. The van der Waals surface area contributed by atoms with Crippen LogP contribution >= 0.6 is 0 Å². The minimum Gasteiger partial charge on any atom is -0.315 e. The van der Waals surface area contributed by atoms with Crippen molar-refractivity contribution in [3.05, 3.63) is 6.04 Å². The Morgan fingerprint density at radius 2 is 2.50 bits per heavy atom. The van der Waals surface area contributed by atoms with E-state index in [9.17, 15) is 0 Å². The van der Waals surface area contributed by atoms with Gasteiger partial charge in [-0.25, -0.2) is 0 Å². The molecule has 2 aliphatic rings. The second kappa shape index (κ2) is 1.71. The summed E-state index contributed by atoms with van der Waals surface area (Å²) in [5.74, 6) is 0.927. The molecular formula is C6H11N2. The van der Waals surface area contributed by atoms with Gasteiger partial charge in [-0.2, -0.15) is 0 Å². The van der Waals surface area contributed by atoms with Gasteiger partial charge in [-0.1, -0.05) is 0 Å². The molecule has 2 heteroatoms. The highest BCUT2D eigenvalue weighted by atomic mass is 15.1. The van der Waals surface area contributed by atoms with E-state index in [1.54, 1.807) is 0 Å². The number of nitrogens with one attached hydrogen (secondary N) is 2. The highest BCUT2D eigenvalue weighted by Crippen LogP contribution is 2.25. The van der Waals surface area contributed by atoms with Gasteiger partial charge in [-0.05, 0) is 18.9 Å². The summed E-state index contributed by atoms with van der Waals surface area (Å²) in [6, 6.07) is 1.54. The van der Waals surface area contributed by atoms with Gasteiger partial charge in [0.05, 0.1) is 6.04 Å². The Balaban J connectivity index is 1.92. The minimum atomic E-state index is 0.927. The van der Waals surface area contributed by atoms with E-state index in [4.69, 9.17) is 0 Å². The molecule has 2 rings (SSSR count). The first-order valence-corrected chi connectivity index (χ1v) is 3.27. The molecular weight excluding hydrogens is 100 g/mol. The van der Waals surface area contributed by atoms with Crippen LogP contribution in [0.5, 0.6) is 0 Å². The van der Waals surface area contributed by atoms with Crippen LogP contribution in [0.15, 0.2) is 0 Å². The average molecular weight is 111 g/mol. The summed E-state index contributed by atoms with van der Waals surface area (Å²) in [5, 5.41) is 6.62. The lowest BCUT2D eigenvalue weighted by Crippen LogP contribution is -2.54. The molecule has 0 amide bonds. The zero-order chi connectivity index (χ0) is 5.40. The van der Waals surface area contributed by atoms with E-state index < -0.39 is 0 Å². The molecule has 45 valence electrons. The lowest BCUT2D eigenvalue weighted by molar-refractivity contribution is 0.272. The summed E-state index contributed by atoms with van der Waals surface area (Å²) in [6.07, 6.45) is 1.35. The van der Waals surface area contributed by atoms with Crippen molar-refractivity contribution in [1.29, 1.82) is 0 Å². The minimum absolute atomic E-state index is 0.927. The third-order valence-electron chi connectivity index (χ3n) is 2.05. The average Bonchev–Trinajstić information content (AvgIpc) is 1.72. The van der Waals surface area contributed by atoms with Crippen molar-refractivity contribution in [1.82, 2.24) is 10.6 Å². The maximum Gasteiger partial charge on any atom is 0.0547 e. The van der Waals surface area contributed by atoms with E-state index in [0.29, 0.717) is 0 Å². The second-order valence-corrected chi connectivity index (χ2v) is 2.57. The molecule has 0 aromatic heterocycles. The summed E-state index contributed by atoms with van der Waals surface area (Å²) < 4.78 is 0. The fourth-order valence-electron chi connectivity index (χ4n) is 1.37. The molecule has 2 heterocycles. The van der Waals surface area contributed by atoms with E-state index >= 15 is 0 Å². The fraction of sp³-hybridized carbons (Fsp3) is 0.833. The summed E-state index contributed by atoms with van der Waals surface area (Å²) in [7, 11) is 0. The summed E-state index contributed by atoms with van der Waals surface area (Å²) in [4.78, 5) is 0. The lowest BCUT2D eigenvalue weighted by atomic mass is 9.86. The number of hydrogen-bond donors (Lipinski definition) is 2. The van der Waals surface area contributed by atoms with Crippen LogP contribution in [0, 0.1) is 12.0 Å². The number of hydrogen-bond acceptors (Lipinski definition) is 2. The largest absolute Gasteiger partial charge is 0.315 e. The zero-order valence-electron chi connectivity index (χ0n) is 4.91. The van der Waals surface area contributed by atoms with Crippen molar-refractivity contribution in [3.63, 3.8) is 0 Å². The normalized spacial score (nSPS) is 38.2. The Hall–Kier alpha value is -0.0800. The van der Waals surface area contributed by atoms with E-state index in [-0.39, 0.29) is 0 Å². The van der Waals surface area contributed by atoms with Crippen LogP contribution in [-0.4, -0.2) is 19.6 Å². The molecule has 0 saturated carbocycles. The van der Waals surface area contributed by atoms with Crippen LogP contribution in [0.1, 0.15) is 6.42 Å². The number of piperidine rings is 1. The van der Waals surface area contributed by atoms with E-state index in [2.05, 4.69) is 10.6 Å². The van der Waals surface area contributed by atoms with Crippen molar-refractivity contribution in [2.24, 2.45) is 5.92 Å². The van der Waals surface area contributed by atoms with Gasteiger partial charge in [0.25, 0.3) is 0 Å². The Morgan fingerprint density at radius 1 is 1.50 bits per heavy atom. The Bertz CT molecular complexity index is 80.5. The SMILES string of the molecule is C1CC2CN[C]2CN1. The summed E-state index contributed by atoms with van der Waals surface area (Å²) >= 11 is 0.